The fraction of sp³-hybridized carbons (Fsp3) is 0.450. The summed E-state index contributed by atoms with van der Waals surface area (Å²) in [6, 6.07) is 6.36. The summed E-state index contributed by atoms with van der Waals surface area (Å²) in [4.78, 5) is 22.2. The van der Waals surface area contributed by atoms with E-state index in [4.69, 9.17) is 26.8 Å². The van der Waals surface area contributed by atoms with E-state index in [0.29, 0.717) is 10.7 Å². The number of hydrogen-bond donors (Lipinski definition) is 1. The number of carbonyl (C=O) groups is 1. The molecule has 2 rings (SSSR count). The molecule has 2 atom stereocenters. The Labute approximate surface area is 179 Å². The Bertz CT molecular complexity index is 851. The van der Waals surface area contributed by atoms with E-state index in [1.807, 2.05) is 20.8 Å². The second-order valence-electron chi connectivity index (χ2n) is 7.54. The molecule has 164 valence electrons. The average Bonchev–Trinajstić information content (AvgIpc) is 2.69. The Morgan fingerprint density at radius 3 is 2.60 bits per heavy atom. The number of hydrogen-bond acceptors (Lipinski definition) is 6. The second-order valence-corrected chi connectivity index (χ2v) is 7.93. The summed E-state index contributed by atoms with van der Waals surface area (Å²) in [7, 11) is 0. The van der Waals surface area contributed by atoms with Crippen LogP contribution < -0.4 is 10.5 Å². The predicted octanol–water partition coefficient (Wildman–Crippen LogP) is 4.21. The molecule has 2 aromatic heterocycles. The van der Waals surface area contributed by atoms with Crippen molar-refractivity contribution in [3.63, 3.8) is 0 Å². The molecule has 2 aromatic rings. The summed E-state index contributed by atoms with van der Waals surface area (Å²) in [5.41, 5.74) is 6.63. The van der Waals surface area contributed by atoms with Gasteiger partial charge in [0.2, 0.25) is 5.88 Å². The van der Waals surface area contributed by atoms with E-state index in [9.17, 15) is 13.6 Å². The Morgan fingerprint density at radius 1 is 1.27 bits per heavy atom. The van der Waals surface area contributed by atoms with Crippen LogP contribution in [-0.2, 0) is 11.3 Å². The van der Waals surface area contributed by atoms with Gasteiger partial charge in [-0.25, -0.2) is 23.5 Å². The van der Waals surface area contributed by atoms with Crippen LogP contribution in [0.2, 0.25) is 5.15 Å². The summed E-state index contributed by atoms with van der Waals surface area (Å²) in [5.74, 6) is 0.0502. The van der Waals surface area contributed by atoms with Gasteiger partial charge < -0.3 is 9.47 Å². The van der Waals surface area contributed by atoms with Crippen molar-refractivity contribution < 1.29 is 23.0 Å². The van der Waals surface area contributed by atoms with Crippen molar-refractivity contribution in [2.24, 2.45) is 5.73 Å². The van der Waals surface area contributed by atoms with Crippen LogP contribution in [0.5, 0.6) is 5.88 Å². The number of ether oxygens (including phenoxy) is 2. The minimum Gasteiger partial charge on any atom is -0.474 e. The van der Waals surface area contributed by atoms with Crippen molar-refractivity contribution in [1.29, 1.82) is 0 Å². The molecule has 0 spiro atoms. The second kappa shape index (κ2) is 10.5. The molecule has 0 aromatic carbocycles. The summed E-state index contributed by atoms with van der Waals surface area (Å²) >= 11 is 5.93. The topological polar surface area (TPSA) is 90.6 Å². The first kappa shape index (κ1) is 23.8. The van der Waals surface area contributed by atoms with Gasteiger partial charge >= 0.3 is 6.09 Å². The fourth-order valence-corrected chi connectivity index (χ4v) is 2.64. The summed E-state index contributed by atoms with van der Waals surface area (Å²) < 4.78 is 35.8. The number of aromatic nitrogens is 2. The van der Waals surface area contributed by atoms with Crippen molar-refractivity contribution in [1.82, 2.24) is 14.9 Å². The van der Waals surface area contributed by atoms with Gasteiger partial charge in [0.15, 0.2) is 12.4 Å². The van der Waals surface area contributed by atoms with Gasteiger partial charge in [-0.05, 0) is 44.5 Å². The average molecular weight is 443 g/mol. The fourth-order valence-electron chi connectivity index (χ4n) is 2.44. The first-order chi connectivity index (χ1) is 14.1. The molecule has 0 aliphatic rings. The molecule has 0 aliphatic carbocycles. The first-order valence-corrected chi connectivity index (χ1v) is 9.61. The van der Waals surface area contributed by atoms with Gasteiger partial charge in [0.25, 0.3) is 0 Å². The number of carbonyl (C=O) groups excluding carboxylic acids is 1. The predicted molar refractivity (Wildman–Crippen MR) is 109 cm³/mol. The first-order valence-electron chi connectivity index (χ1n) is 9.23. The van der Waals surface area contributed by atoms with Gasteiger partial charge in [0.05, 0.1) is 0 Å². The highest BCUT2D eigenvalue weighted by atomic mass is 35.5. The molecule has 30 heavy (non-hydrogen) atoms. The molecule has 10 heteroatoms. The highest BCUT2D eigenvalue weighted by Crippen LogP contribution is 2.23. The van der Waals surface area contributed by atoms with Crippen LogP contribution in [0.15, 0.2) is 36.7 Å². The van der Waals surface area contributed by atoms with Crippen molar-refractivity contribution in [3.8, 4) is 5.88 Å². The van der Waals surface area contributed by atoms with E-state index in [1.165, 1.54) is 23.2 Å². The van der Waals surface area contributed by atoms with Crippen LogP contribution in [0.25, 0.3) is 0 Å². The molecule has 0 aliphatic heterocycles. The molecule has 0 radical (unpaired) electrons. The zero-order chi connectivity index (χ0) is 22.3. The van der Waals surface area contributed by atoms with Crippen molar-refractivity contribution in [2.75, 3.05) is 13.3 Å². The van der Waals surface area contributed by atoms with Gasteiger partial charge in [0.1, 0.15) is 18.4 Å². The Morgan fingerprint density at radius 2 is 1.97 bits per heavy atom. The van der Waals surface area contributed by atoms with Crippen molar-refractivity contribution in [2.45, 2.75) is 45.3 Å². The maximum Gasteiger partial charge on any atom is 0.412 e. The van der Waals surface area contributed by atoms with Crippen LogP contribution >= 0.6 is 11.6 Å². The van der Waals surface area contributed by atoms with Crippen LogP contribution in [0.4, 0.5) is 13.6 Å². The number of nitrogens with two attached hydrogens (primary N) is 1. The molecule has 0 saturated carbocycles. The molecule has 0 bridgehead atoms. The lowest BCUT2D eigenvalue weighted by Gasteiger charge is -2.35. The molecular formula is C20H25ClF2N4O3. The third-order valence-corrected chi connectivity index (χ3v) is 4.26. The third-order valence-electron chi connectivity index (χ3n) is 4.06. The quantitative estimate of drug-likeness (QED) is 0.486. The lowest BCUT2D eigenvalue weighted by atomic mass is 10.1. The number of rotatable bonds is 8. The highest BCUT2D eigenvalue weighted by molar-refractivity contribution is 6.29. The van der Waals surface area contributed by atoms with Gasteiger partial charge in [-0.1, -0.05) is 11.6 Å². The highest BCUT2D eigenvalue weighted by Gasteiger charge is 2.29. The van der Waals surface area contributed by atoms with E-state index in [0.717, 1.165) is 5.56 Å². The molecule has 2 heterocycles. The van der Waals surface area contributed by atoms with E-state index >= 15 is 0 Å². The van der Waals surface area contributed by atoms with Gasteiger partial charge in [-0.2, -0.15) is 0 Å². The van der Waals surface area contributed by atoms with Crippen LogP contribution in [0.1, 0.15) is 38.1 Å². The lowest BCUT2D eigenvalue weighted by molar-refractivity contribution is 0.0349. The number of amides is 1. The Hall–Kier alpha value is -2.52. The largest absolute Gasteiger partial charge is 0.474 e. The molecule has 7 nitrogen and oxygen atoms in total. The van der Waals surface area contributed by atoms with Crippen molar-refractivity contribution >= 4 is 17.7 Å². The number of pyridine rings is 2. The van der Waals surface area contributed by atoms with Gasteiger partial charge in [-0.3, -0.25) is 10.6 Å². The number of alkyl halides is 2. The monoisotopic (exact) mass is 442 g/mol. The molecular weight excluding hydrogens is 418 g/mol. The molecule has 0 saturated heterocycles. The zero-order valence-electron chi connectivity index (χ0n) is 17.0. The SMILES string of the molecule is CC(C)(C)N(Cc1ccnc(Cl)c1)C(=O)OC(N)c1ccnc(OCC(F)CF)c1. The van der Waals surface area contributed by atoms with E-state index in [1.54, 1.807) is 18.3 Å². The lowest BCUT2D eigenvalue weighted by Crippen LogP contribution is -2.46. The van der Waals surface area contributed by atoms with E-state index < -0.39 is 37.3 Å². The maximum atomic E-state index is 13.0. The minimum atomic E-state index is -1.75. The minimum absolute atomic E-state index is 0.0502. The smallest absolute Gasteiger partial charge is 0.412 e. The standard InChI is InChI=1S/C20H25ClF2N4O3/c1-20(2,3)27(11-13-4-6-25-16(21)8-13)19(28)30-18(24)14-5-7-26-17(9-14)29-12-15(23)10-22/h4-9,15,18H,10-12,24H2,1-3H3. The van der Waals surface area contributed by atoms with Crippen molar-refractivity contribution in [3.05, 3.63) is 52.9 Å². The Balaban J connectivity index is 2.09. The zero-order valence-corrected chi connectivity index (χ0v) is 17.8. The Kier molecular flexibility index (Phi) is 8.31. The van der Waals surface area contributed by atoms with Gasteiger partial charge in [-0.15, -0.1) is 0 Å². The molecule has 2 unspecified atom stereocenters. The molecule has 2 N–H and O–H groups in total. The third kappa shape index (κ3) is 7.07. The number of nitrogens with zero attached hydrogens (tertiary/aromatic N) is 3. The van der Waals surface area contributed by atoms with E-state index in [-0.39, 0.29) is 12.4 Å². The summed E-state index contributed by atoms with van der Waals surface area (Å²) in [6.07, 6.45) is -0.566. The summed E-state index contributed by atoms with van der Waals surface area (Å²) in [6.45, 7) is 4.19. The van der Waals surface area contributed by atoms with Gasteiger partial charge in [0, 0.05) is 36.1 Å². The summed E-state index contributed by atoms with van der Waals surface area (Å²) in [5, 5.41) is 0.319. The normalized spacial score (nSPS) is 13.4. The van der Waals surface area contributed by atoms with E-state index in [2.05, 4.69) is 9.97 Å². The van der Waals surface area contributed by atoms with Crippen LogP contribution in [0, 0.1) is 0 Å². The maximum absolute atomic E-state index is 13.0. The van der Waals surface area contributed by atoms with Crippen LogP contribution in [0.3, 0.4) is 0 Å². The number of halogens is 3. The molecule has 0 fully saturated rings. The van der Waals surface area contributed by atoms with Crippen LogP contribution in [-0.4, -0.2) is 46.0 Å². The molecule has 1 amide bonds.